The molecule has 0 unspecified atom stereocenters. The number of amides is 1. The number of carbonyl (C=O) groups is 1. The number of nitrogens with zero attached hydrogens (tertiary/aromatic N) is 3. The van der Waals surface area contributed by atoms with Crippen molar-refractivity contribution in [3.05, 3.63) is 41.7 Å². The molecule has 0 atom stereocenters. The van der Waals surface area contributed by atoms with Gasteiger partial charge in [-0.05, 0) is 11.8 Å². The maximum Gasteiger partial charge on any atom is 0.220 e. The van der Waals surface area contributed by atoms with Gasteiger partial charge >= 0.3 is 0 Å². The molecular formula is C14H18N4OS. The number of nitrogens with one attached hydrogen (secondary N) is 1. The molecule has 0 spiro atoms. The summed E-state index contributed by atoms with van der Waals surface area (Å²) in [6.45, 7) is 2.95. The van der Waals surface area contributed by atoms with E-state index in [9.17, 15) is 4.79 Å². The highest BCUT2D eigenvalue weighted by atomic mass is 32.2. The molecule has 2 aromatic rings. The molecule has 0 radical (unpaired) electrons. The first-order valence-corrected chi connectivity index (χ1v) is 7.73. The third kappa shape index (κ3) is 3.60. The Bertz CT molecular complexity index is 568. The van der Waals surface area contributed by atoms with Crippen LogP contribution in [0.15, 0.2) is 35.5 Å². The van der Waals surface area contributed by atoms with Crippen LogP contribution in [0.5, 0.6) is 0 Å². The zero-order valence-corrected chi connectivity index (χ0v) is 12.5. The van der Waals surface area contributed by atoms with Gasteiger partial charge in [0.1, 0.15) is 0 Å². The molecule has 0 fully saturated rings. The summed E-state index contributed by atoms with van der Waals surface area (Å²) in [4.78, 5) is 11.4. The minimum Gasteiger partial charge on any atom is -0.349 e. The van der Waals surface area contributed by atoms with Crippen LogP contribution in [0.4, 0.5) is 0 Å². The Balaban J connectivity index is 2.17. The van der Waals surface area contributed by atoms with E-state index in [4.69, 9.17) is 0 Å². The highest BCUT2D eigenvalue weighted by Gasteiger charge is 2.12. The van der Waals surface area contributed by atoms with Gasteiger partial charge in [0.15, 0.2) is 11.0 Å². The first-order chi connectivity index (χ1) is 9.74. The van der Waals surface area contributed by atoms with Crippen molar-refractivity contribution in [1.29, 1.82) is 0 Å². The molecule has 1 heterocycles. The lowest BCUT2D eigenvalue weighted by Crippen LogP contribution is -2.24. The molecule has 1 aromatic heterocycles. The molecule has 6 heteroatoms. The summed E-state index contributed by atoms with van der Waals surface area (Å²) < 4.78 is 2.04. The van der Waals surface area contributed by atoms with Crippen molar-refractivity contribution in [3.8, 4) is 0 Å². The second-order valence-corrected chi connectivity index (χ2v) is 5.08. The first kappa shape index (κ1) is 14.6. The number of carbonyl (C=O) groups excluding carboxylic acids is 1. The van der Waals surface area contributed by atoms with Gasteiger partial charge in [0.25, 0.3) is 0 Å². The van der Waals surface area contributed by atoms with Crippen molar-refractivity contribution in [2.24, 2.45) is 0 Å². The number of hydrogen-bond donors (Lipinski definition) is 1. The van der Waals surface area contributed by atoms with Crippen molar-refractivity contribution in [2.75, 3.05) is 6.26 Å². The maximum atomic E-state index is 11.4. The zero-order chi connectivity index (χ0) is 14.4. The Morgan fingerprint density at radius 3 is 2.70 bits per heavy atom. The molecule has 0 aliphatic rings. The Hall–Kier alpha value is -1.82. The smallest absolute Gasteiger partial charge is 0.220 e. The fourth-order valence-corrected chi connectivity index (χ4v) is 2.34. The fraction of sp³-hybridized carbons (Fsp3) is 0.357. The first-order valence-electron chi connectivity index (χ1n) is 6.51. The largest absolute Gasteiger partial charge is 0.349 e. The SMILES string of the molecule is CCC(=O)NCc1nnc(SC)n1Cc1ccccc1. The topological polar surface area (TPSA) is 59.8 Å². The van der Waals surface area contributed by atoms with Gasteiger partial charge in [0, 0.05) is 6.42 Å². The van der Waals surface area contributed by atoms with E-state index in [1.165, 1.54) is 5.56 Å². The van der Waals surface area contributed by atoms with Crippen LogP contribution >= 0.6 is 11.8 Å². The second kappa shape index (κ2) is 7.09. The van der Waals surface area contributed by atoms with Crippen LogP contribution < -0.4 is 5.32 Å². The number of rotatable bonds is 6. The van der Waals surface area contributed by atoms with Crippen LogP contribution in [-0.4, -0.2) is 26.9 Å². The van der Waals surface area contributed by atoms with Gasteiger partial charge in [-0.25, -0.2) is 0 Å². The summed E-state index contributed by atoms with van der Waals surface area (Å²) in [5, 5.41) is 12.0. The van der Waals surface area contributed by atoms with Crippen LogP contribution in [0.3, 0.4) is 0 Å². The van der Waals surface area contributed by atoms with E-state index in [0.29, 0.717) is 19.5 Å². The summed E-state index contributed by atoms with van der Waals surface area (Å²) in [5.41, 5.74) is 1.19. The van der Waals surface area contributed by atoms with Crippen molar-refractivity contribution in [3.63, 3.8) is 0 Å². The van der Waals surface area contributed by atoms with Gasteiger partial charge in [-0.1, -0.05) is 49.0 Å². The third-order valence-electron chi connectivity index (χ3n) is 2.92. The number of hydrogen-bond acceptors (Lipinski definition) is 4. The molecule has 106 valence electrons. The highest BCUT2D eigenvalue weighted by Crippen LogP contribution is 2.16. The van der Waals surface area contributed by atoms with Crippen LogP contribution in [0, 0.1) is 0 Å². The van der Waals surface area contributed by atoms with E-state index in [1.807, 2.05) is 35.9 Å². The van der Waals surface area contributed by atoms with Crippen LogP contribution in [0.1, 0.15) is 24.7 Å². The van der Waals surface area contributed by atoms with Crippen LogP contribution in [0.2, 0.25) is 0 Å². The molecule has 1 aromatic carbocycles. The minimum absolute atomic E-state index is 0.0185. The number of benzene rings is 1. The molecule has 1 N–H and O–H groups in total. The van der Waals surface area contributed by atoms with Gasteiger partial charge in [-0.15, -0.1) is 10.2 Å². The molecule has 0 saturated heterocycles. The molecule has 20 heavy (non-hydrogen) atoms. The van der Waals surface area contributed by atoms with Gasteiger partial charge in [-0.2, -0.15) is 0 Å². The van der Waals surface area contributed by atoms with Crippen molar-refractivity contribution in [2.45, 2.75) is 31.6 Å². The maximum absolute atomic E-state index is 11.4. The van der Waals surface area contributed by atoms with Gasteiger partial charge in [0.05, 0.1) is 13.1 Å². The predicted molar refractivity (Wildman–Crippen MR) is 79.5 cm³/mol. The Morgan fingerprint density at radius 2 is 2.05 bits per heavy atom. The molecule has 0 aliphatic heterocycles. The lowest BCUT2D eigenvalue weighted by Gasteiger charge is -2.10. The van der Waals surface area contributed by atoms with Crippen molar-refractivity contribution in [1.82, 2.24) is 20.1 Å². The summed E-state index contributed by atoms with van der Waals surface area (Å²) in [6.07, 6.45) is 2.45. The van der Waals surface area contributed by atoms with E-state index < -0.39 is 0 Å². The summed E-state index contributed by atoms with van der Waals surface area (Å²) in [6, 6.07) is 10.2. The zero-order valence-electron chi connectivity index (χ0n) is 11.7. The molecule has 5 nitrogen and oxygen atoms in total. The lowest BCUT2D eigenvalue weighted by molar-refractivity contribution is -0.120. The van der Waals surface area contributed by atoms with Gasteiger partial charge in [-0.3, -0.25) is 4.79 Å². The highest BCUT2D eigenvalue weighted by molar-refractivity contribution is 7.98. The lowest BCUT2D eigenvalue weighted by atomic mass is 10.2. The summed E-state index contributed by atoms with van der Waals surface area (Å²) >= 11 is 1.55. The average molecular weight is 290 g/mol. The molecule has 2 rings (SSSR count). The Labute approximate surface area is 122 Å². The van der Waals surface area contributed by atoms with Crippen LogP contribution in [0.25, 0.3) is 0 Å². The third-order valence-corrected chi connectivity index (χ3v) is 3.59. The Morgan fingerprint density at radius 1 is 1.30 bits per heavy atom. The standard InChI is InChI=1S/C14H18N4OS/c1-3-13(19)15-9-12-16-17-14(20-2)18(12)10-11-7-5-4-6-8-11/h4-8H,3,9-10H2,1-2H3,(H,15,19). The van der Waals surface area contributed by atoms with E-state index in [1.54, 1.807) is 11.8 Å². The normalized spacial score (nSPS) is 10.5. The molecule has 0 saturated carbocycles. The molecule has 0 bridgehead atoms. The fourth-order valence-electron chi connectivity index (χ4n) is 1.83. The van der Waals surface area contributed by atoms with Gasteiger partial charge in [0.2, 0.25) is 5.91 Å². The number of aromatic nitrogens is 3. The van der Waals surface area contributed by atoms with Crippen LogP contribution in [-0.2, 0) is 17.9 Å². The van der Waals surface area contributed by atoms with E-state index in [-0.39, 0.29) is 5.91 Å². The summed E-state index contributed by atoms with van der Waals surface area (Å²) in [7, 11) is 0. The molecule has 0 aliphatic carbocycles. The predicted octanol–water partition coefficient (Wildman–Crippen LogP) is 2.07. The minimum atomic E-state index is 0.0185. The van der Waals surface area contributed by atoms with E-state index in [2.05, 4.69) is 27.6 Å². The van der Waals surface area contributed by atoms with E-state index >= 15 is 0 Å². The second-order valence-electron chi connectivity index (χ2n) is 4.30. The van der Waals surface area contributed by atoms with Gasteiger partial charge < -0.3 is 9.88 Å². The van der Waals surface area contributed by atoms with E-state index in [0.717, 1.165) is 11.0 Å². The van der Waals surface area contributed by atoms with Crippen molar-refractivity contribution >= 4 is 17.7 Å². The average Bonchev–Trinajstić information content (AvgIpc) is 2.87. The monoisotopic (exact) mass is 290 g/mol. The molecular weight excluding hydrogens is 272 g/mol. The summed E-state index contributed by atoms with van der Waals surface area (Å²) in [5.74, 6) is 0.796. The molecule has 1 amide bonds. The quantitative estimate of drug-likeness (QED) is 0.827. The Kier molecular flexibility index (Phi) is 5.17. The van der Waals surface area contributed by atoms with Crippen molar-refractivity contribution < 1.29 is 4.79 Å². The number of thioether (sulfide) groups is 1.